The van der Waals surface area contributed by atoms with Crippen molar-refractivity contribution in [2.45, 2.75) is 4.83 Å². The number of hydrogen-bond donors (Lipinski definition) is 0. The molecule has 0 aliphatic heterocycles. The van der Waals surface area contributed by atoms with Crippen LogP contribution in [0.5, 0.6) is 0 Å². The summed E-state index contributed by atoms with van der Waals surface area (Å²) in [6, 6.07) is 20.3. The first-order valence-electron chi connectivity index (χ1n) is 6.23. The van der Waals surface area contributed by atoms with Crippen LogP contribution in [0.2, 0.25) is 10.0 Å². The first-order chi connectivity index (χ1) is 9.65. The van der Waals surface area contributed by atoms with Gasteiger partial charge in [0.05, 0.1) is 4.83 Å². The van der Waals surface area contributed by atoms with E-state index in [1.165, 1.54) is 16.3 Å². The van der Waals surface area contributed by atoms with Gasteiger partial charge in [0.15, 0.2) is 0 Å². The maximum Gasteiger partial charge on any atom is 0.0651 e. The summed E-state index contributed by atoms with van der Waals surface area (Å²) in [6.07, 6.45) is 0. The van der Waals surface area contributed by atoms with Crippen molar-refractivity contribution in [1.29, 1.82) is 0 Å². The Balaban J connectivity index is 2.15. The lowest BCUT2D eigenvalue weighted by Gasteiger charge is -2.14. The van der Waals surface area contributed by atoms with E-state index in [1.807, 2.05) is 18.2 Å². The van der Waals surface area contributed by atoms with E-state index in [0.29, 0.717) is 10.0 Å². The van der Waals surface area contributed by atoms with E-state index in [4.69, 9.17) is 23.2 Å². The molecular formula is C17H11BrCl2. The fourth-order valence-corrected chi connectivity index (χ4v) is 3.58. The lowest BCUT2D eigenvalue weighted by atomic mass is 9.98. The van der Waals surface area contributed by atoms with Crippen LogP contribution in [0, 0.1) is 0 Å². The van der Waals surface area contributed by atoms with Crippen LogP contribution < -0.4 is 0 Å². The molecule has 0 heterocycles. The number of fused-ring (bicyclic) bond motifs is 1. The van der Waals surface area contributed by atoms with Crippen LogP contribution in [-0.4, -0.2) is 0 Å². The summed E-state index contributed by atoms with van der Waals surface area (Å²) in [5, 5.41) is 3.75. The van der Waals surface area contributed by atoms with Gasteiger partial charge in [-0.05, 0) is 40.1 Å². The summed E-state index contributed by atoms with van der Waals surface area (Å²) in [6.45, 7) is 0. The first kappa shape index (κ1) is 13.9. The Bertz CT molecular complexity index is 742. The smallest absolute Gasteiger partial charge is 0.0651 e. The normalized spacial score (nSPS) is 12.6. The van der Waals surface area contributed by atoms with Gasteiger partial charge in [-0.15, -0.1) is 0 Å². The Morgan fingerprint density at radius 3 is 2.20 bits per heavy atom. The molecule has 0 saturated heterocycles. The second-order valence-corrected chi connectivity index (χ2v) is 6.42. The lowest BCUT2D eigenvalue weighted by Crippen LogP contribution is -1.94. The highest BCUT2D eigenvalue weighted by molar-refractivity contribution is 9.09. The SMILES string of the molecule is Clc1cc(Cl)cc(C(Br)c2cccc3ccccc23)c1. The molecule has 1 unspecified atom stereocenters. The van der Waals surface area contributed by atoms with Gasteiger partial charge < -0.3 is 0 Å². The molecular weight excluding hydrogens is 355 g/mol. The Hall–Kier alpha value is -1.02. The van der Waals surface area contributed by atoms with Gasteiger partial charge in [-0.2, -0.15) is 0 Å². The predicted octanol–water partition coefficient (Wildman–Crippen LogP) is 6.63. The minimum atomic E-state index is 0.0600. The van der Waals surface area contributed by atoms with Gasteiger partial charge in [-0.3, -0.25) is 0 Å². The third-order valence-electron chi connectivity index (χ3n) is 3.27. The van der Waals surface area contributed by atoms with Crippen molar-refractivity contribution < 1.29 is 0 Å². The Kier molecular flexibility index (Phi) is 4.02. The molecule has 0 amide bonds. The summed E-state index contributed by atoms with van der Waals surface area (Å²) >= 11 is 16.0. The fraction of sp³-hybridized carbons (Fsp3) is 0.0588. The third-order valence-corrected chi connectivity index (χ3v) is 4.73. The highest BCUT2D eigenvalue weighted by atomic mass is 79.9. The molecule has 3 heteroatoms. The minimum Gasteiger partial charge on any atom is -0.0843 e. The van der Waals surface area contributed by atoms with Gasteiger partial charge >= 0.3 is 0 Å². The highest BCUT2D eigenvalue weighted by Crippen LogP contribution is 2.37. The molecule has 100 valence electrons. The molecule has 1 atom stereocenters. The van der Waals surface area contributed by atoms with E-state index in [0.717, 1.165) is 5.56 Å². The molecule has 0 spiro atoms. The quantitative estimate of drug-likeness (QED) is 0.447. The maximum absolute atomic E-state index is 6.09. The van der Waals surface area contributed by atoms with Crippen molar-refractivity contribution in [3.8, 4) is 0 Å². The molecule has 0 fully saturated rings. The zero-order valence-corrected chi connectivity index (χ0v) is 13.6. The largest absolute Gasteiger partial charge is 0.0843 e. The number of alkyl halides is 1. The second kappa shape index (κ2) is 5.77. The van der Waals surface area contributed by atoms with E-state index in [9.17, 15) is 0 Å². The number of rotatable bonds is 2. The standard InChI is InChI=1S/C17H11BrCl2/c18-17(12-8-13(19)10-14(20)9-12)16-7-3-5-11-4-1-2-6-15(11)16/h1-10,17H. The van der Waals surface area contributed by atoms with Gasteiger partial charge in [-0.25, -0.2) is 0 Å². The zero-order chi connectivity index (χ0) is 14.1. The van der Waals surface area contributed by atoms with Crippen LogP contribution in [0.4, 0.5) is 0 Å². The highest BCUT2D eigenvalue weighted by Gasteiger charge is 2.14. The van der Waals surface area contributed by atoms with Crippen molar-refractivity contribution in [3.05, 3.63) is 81.8 Å². The van der Waals surface area contributed by atoms with Crippen LogP contribution in [0.1, 0.15) is 16.0 Å². The van der Waals surface area contributed by atoms with Gasteiger partial charge in [0.1, 0.15) is 0 Å². The van der Waals surface area contributed by atoms with Crippen molar-refractivity contribution in [2.75, 3.05) is 0 Å². The number of hydrogen-bond acceptors (Lipinski definition) is 0. The molecule has 0 radical (unpaired) electrons. The third kappa shape index (κ3) is 2.71. The molecule has 0 saturated carbocycles. The molecule has 0 bridgehead atoms. The molecule has 0 nitrogen and oxygen atoms in total. The van der Waals surface area contributed by atoms with Crippen molar-refractivity contribution in [3.63, 3.8) is 0 Å². The van der Waals surface area contributed by atoms with Crippen LogP contribution in [-0.2, 0) is 0 Å². The van der Waals surface area contributed by atoms with Crippen LogP contribution in [0.15, 0.2) is 60.7 Å². The first-order valence-corrected chi connectivity index (χ1v) is 7.90. The number of halogens is 3. The summed E-state index contributed by atoms with van der Waals surface area (Å²) in [7, 11) is 0. The maximum atomic E-state index is 6.09. The van der Waals surface area contributed by atoms with E-state index < -0.39 is 0 Å². The molecule has 20 heavy (non-hydrogen) atoms. The van der Waals surface area contributed by atoms with E-state index in [1.54, 1.807) is 6.07 Å². The second-order valence-electron chi connectivity index (χ2n) is 4.63. The molecule has 3 aromatic carbocycles. The van der Waals surface area contributed by atoms with E-state index in [2.05, 4.69) is 52.3 Å². The lowest BCUT2D eigenvalue weighted by molar-refractivity contribution is 1.20. The summed E-state index contributed by atoms with van der Waals surface area (Å²) in [5.74, 6) is 0. The topological polar surface area (TPSA) is 0 Å². The zero-order valence-electron chi connectivity index (χ0n) is 10.5. The van der Waals surface area contributed by atoms with Crippen LogP contribution in [0.3, 0.4) is 0 Å². The van der Waals surface area contributed by atoms with Crippen molar-refractivity contribution in [2.24, 2.45) is 0 Å². The Morgan fingerprint density at radius 1 is 0.800 bits per heavy atom. The van der Waals surface area contributed by atoms with Gasteiger partial charge in [-0.1, -0.05) is 81.6 Å². The van der Waals surface area contributed by atoms with Crippen LogP contribution in [0.25, 0.3) is 10.8 Å². The van der Waals surface area contributed by atoms with Gasteiger partial charge in [0.25, 0.3) is 0 Å². The minimum absolute atomic E-state index is 0.0600. The predicted molar refractivity (Wildman–Crippen MR) is 91.2 cm³/mol. The summed E-state index contributed by atoms with van der Waals surface area (Å²) in [4.78, 5) is 0.0600. The fourth-order valence-electron chi connectivity index (χ4n) is 2.37. The Morgan fingerprint density at radius 2 is 1.45 bits per heavy atom. The van der Waals surface area contributed by atoms with E-state index >= 15 is 0 Å². The average Bonchev–Trinajstić information content (AvgIpc) is 2.45. The van der Waals surface area contributed by atoms with E-state index in [-0.39, 0.29) is 4.83 Å². The van der Waals surface area contributed by atoms with Gasteiger partial charge in [0.2, 0.25) is 0 Å². The van der Waals surface area contributed by atoms with Crippen molar-refractivity contribution in [1.82, 2.24) is 0 Å². The monoisotopic (exact) mass is 364 g/mol. The summed E-state index contributed by atoms with van der Waals surface area (Å²) in [5.41, 5.74) is 2.26. The molecule has 3 aromatic rings. The molecule has 0 aromatic heterocycles. The van der Waals surface area contributed by atoms with Crippen molar-refractivity contribution >= 4 is 49.9 Å². The molecule has 3 rings (SSSR count). The Labute approximate surface area is 136 Å². The molecule has 0 aliphatic carbocycles. The van der Waals surface area contributed by atoms with Crippen LogP contribution >= 0.6 is 39.1 Å². The number of benzene rings is 3. The molecule has 0 N–H and O–H groups in total. The van der Waals surface area contributed by atoms with Gasteiger partial charge in [0, 0.05) is 10.0 Å². The molecule has 0 aliphatic rings. The summed E-state index contributed by atoms with van der Waals surface area (Å²) < 4.78 is 0. The average molecular weight is 366 g/mol.